The van der Waals surface area contributed by atoms with E-state index >= 15 is 0 Å². The van der Waals surface area contributed by atoms with Crippen LogP contribution in [0.4, 0.5) is 23.0 Å². The average Bonchev–Trinajstić information content (AvgIpc) is 2.87. The van der Waals surface area contributed by atoms with Crippen molar-refractivity contribution in [1.82, 2.24) is 14.9 Å². The van der Waals surface area contributed by atoms with Gasteiger partial charge in [0.2, 0.25) is 17.7 Å². The molecule has 1 fully saturated rings. The summed E-state index contributed by atoms with van der Waals surface area (Å²) in [4.78, 5) is 24.7. The van der Waals surface area contributed by atoms with E-state index in [-0.39, 0.29) is 16.9 Å². The van der Waals surface area contributed by atoms with E-state index < -0.39 is 12.5 Å². The Bertz CT molecular complexity index is 1190. The fraction of sp³-hybridized carbons (Fsp3) is 0.292. The Balaban J connectivity index is 1.50. The molecule has 0 unspecified atom stereocenters. The lowest BCUT2D eigenvalue weighted by Crippen LogP contribution is -2.44. The number of aliphatic hydroxyl groups excluding tert-OH is 1. The first-order valence-electron chi connectivity index (χ1n) is 11.0. The lowest BCUT2D eigenvalue weighted by atomic mass is 10.2. The summed E-state index contributed by atoms with van der Waals surface area (Å²) in [7, 11) is 3.75. The summed E-state index contributed by atoms with van der Waals surface area (Å²) < 4.78 is 11.4. The molecule has 2 heterocycles. The van der Waals surface area contributed by atoms with Gasteiger partial charge in [-0.05, 0) is 31.3 Å². The average molecular weight is 499 g/mol. The van der Waals surface area contributed by atoms with Gasteiger partial charge in [0.25, 0.3) is 0 Å². The van der Waals surface area contributed by atoms with Gasteiger partial charge in [-0.2, -0.15) is 4.98 Å². The van der Waals surface area contributed by atoms with Crippen molar-refractivity contribution in [2.45, 2.75) is 0 Å². The number of rotatable bonds is 8. The minimum Gasteiger partial charge on any atom is -0.494 e. The molecule has 2 aromatic carbocycles. The van der Waals surface area contributed by atoms with E-state index in [4.69, 9.17) is 26.2 Å². The van der Waals surface area contributed by atoms with Crippen LogP contribution in [0, 0.1) is 0 Å². The number of hydrogen-bond acceptors (Lipinski definition) is 9. The second-order valence-electron chi connectivity index (χ2n) is 7.98. The summed E-state index contributed by atoms with van der Waals surface area (Å²) in [6, 6.07) is 12.6. The van der Waals surface area contributed by atoms with Crippen molar-refractivity contribution in [1.29, 1.82) is 0 Å². The highest BCUT2D eigenvalue weighted by atomic mass is 35.5. The van der Waals surface area contributed by atoms with Gasteiger partial charge in [-0.15, -0.1) is 0 Å². The second-order valence-corrected chi connectivity index (χ2v) is 8.39. The smallest absolute Gasteiger partial charge is 0.250 e. The van der Waals surface area contributed by atoms with Crippen molar-refractivity contribution in [3.05, 3.63) is 53.7 Å². The Morgan fingerprint density at radius 2 is 1.97 bits per heavy atom. The maximum Gasteiger partial charge on any atom is 0.250 e. The van der Waals surface area contributed by atoms with Crippen LogP contribution in [0.25, 0.3) is 0 Å². The first kappa shape index (κ1) is 24.5. The van der Waals surface area contributed by atoms with Crippen LogP contribution in [-0.2, 0) is 4.79 Å². The number of likely N-dealkylation sites (N-methyl/N-ethyl adjacent to an activating group) is 1. The normalized spacial score (nSPS) is 13.9. The predicted octanol–water partition coefficient (Wildman–Crippen LogP) is 3.36. The maximum atomic E-state index is 11.4. The first-order chi connectivity index (χ1) is 16.9. The monoisotopic (exact) mass is 498 g/mol. The molecule has 11 heteroatoms. The molecule has 1 saturated heterocycles. The van der Waals surface area contributed by atoms with Gasteiger partial charge in [0.05, 0.1) is 19.0 Å². The number of methoxy groups -OCH3 is 1. The van der Waals surface area contributed by atoms with Crippen LogP contribution < -0.4 is 25.0 Å². The van der Waals surface area contributed by atoms with Crippen LogP contribution in [-0.4, -0.2) is 72.8 Å². The fourth-order valence-electron chi connectivity index (χ4n) is 3.60. The summed E-state index contributed by atoms with van der Waals surface area (Å²) in [6.07, 6.45) is 1.44. The molecule has 4 rings (SSSR count). The van der Waals surface area contributed by atoms with Gasteiger partial charge in [-0.3, -0.25) is 4.79 Å². The molecule has 1 aliphatic rings. The Morgan fingerprint density at radius 1 is 1.17 bits per heavy atom. The van der Waals surface area contributed by atoms with Crippen LogP contribution >= 0.6 is 11.6 Å². The number of anilines is 4. The Hall–Kier alpha value is -3.60. The van der Waals surface area contributed by atoms with E-state index in [0.717, 1.165) is 31.9 Å². The molecule has 1 amide bonds. The molecule has 3 N–H and O–H groups in total. The first-order valence-corrected chi connectivity index (χ1v) is 11.4. The van der Waals surface area contributed by atoms with Crippen LogP contribution in [0.3, 0.4) is 0 Å². The second kappa shape index (κ2) is 11.2. The van der Waals surface area contributed by atoms with E-state index in [1.165, 1.54) is 6.20 Å². The number of nitrogens with one attached hydrogen (secondary N) is 2. The zero-order chi connectivity index (χ0) is 24.8. The molecule has 3 aromatic rings. The Labute approximate surface area is 208 Å². The molecule has 1 aromatic heterocycles. The van der Waals surface area contributed by atoms with E-state index in [1.807, 2.05) is 18.2 Å². The van der Waals surface area contributed by atoms with E-state index in [0.29, 0.717) is 22.9 Å². The molecular weight excluding hydrogens is 472 g/mol. The van der Waals surface area contributed by atoms with Crippen LogP contribution in [0.1, 0.15) is 0 Å². The third-order valence-corrected chi connectivity index (χ3v) is 5.75. The van der Waals surface area contributed by atoms with Gasteiger partial charge in [-0.1, -0.05) is 17.7 Å². The lowest BCUT2D eigenvalue weighted by Gasteiger charge is -2.34. The number of carbonyl (C=O) groups is 1. The Kier molecular flexibility index (Phi) is 7.86. The minimum absolute atomic E-state index is 0.142. The molecule has 1 aliphatic heterocycles. The SMILES string of the molecule is COc1cc(N2CCN(C)CC2)ccc1Nc1ncc(Cl)c(Oc2cccc(NC(=O)CO)c2)n1. The van der Waals surface area contributed by atoms with E-state index in [2.05, 4.69) is 37.4 Å². The molecule has 35 heavy (non-hydrogen) atoms. The zero-order valence-electron chi connectivity index (χ0n) is 19.5. The van der Waals surface area contributed by atoms with Gasteiger partial charge in [0, 0.05) is 49.7 Å². The van der Waals surface area contributed by atoms with Gasteiger partial charge >= 0.3 is 0 Å². The number of benzene rings is 2. The molecule has 0 atom stereocenters. The summed E-state index contributed by atoms with van der Waals surface area (Å²) >= 11 is 6.26. The molecule has 10 nitrogen and oxygen atoms in total. The van der Waals surface area contributed by atoms with Crippen molar-refractivity contribution >= 4 is 40.5 Å². The van der Waals surface area contributed by atoms with E-state index in [9.17, 15) is 4.79 Å². The summed E-state index contributed by atoms with van der Waals surface area (Å²) in [5, 5.41) is 14.9. The molecule has 0 aliphatic carbocycles. The quantitative estimate of drug-likeness (QED) is 0.430. The molecule has 0 saturated carbocycles. The van der Waals surface area contributed by atoms with Crippen LogP contribution in [0.15, 0.2) is 48.7 Å². The summed E-state index contributed by atoms with van der Waals surface area (Å²) in [6.45, 7) is 3.33. The van der Waals surface area contributed by atoms with Gasteiger partial charge < -0.3 is 35.0 Å². The van der Waals surface area contributed by atoms with Crippen LogP contribution in [0.2, 0.25) is 5.02 Å². The maximum absolute atomic E-state index is 11.4. The summed E-state index contributed by atoms with van der Waals surface area (Å²) in [5.74, 6) is 0.958. The van der Waals surface area contributed by atoms with Crippen LogP contribution in [0.5, 0.6) is 17.4 Å². The number of carbonyl (C=O) groups excluding carboxylic acids is 1. The molecule has 184 valence electrons. The fourth-order valence-corrected chi connectivity index (χ4v) is 3.73. The van der Waals surface area contributed by atoms with E-state index in [1.54, 1.807) is 31.4 Å². The van der Waals surface area contributed by atoms with Crippen molar-refractivity contribution < 1.29 is 19.4 Å². The number of hydrogen-bond donors (Lipinski definition) is 3. The number of aromatic nitrogens is 2. The largest absolute Gasteiger partial charge is 0.494 e. The topological polar surface area (TPSA) is 112 Å². The number of piperazine rings is 1. The Morgan fingerprint density at radius 3 is 2.71 bits per heavy atom. The highest BCUT2D eigenvalue weighted by Gasteiger charge is 2.17. The number of aliphatic hydroxyl groups is 1. The number of amides is 1. The molecule has 0 radical (unpaired) electrons. The number of nitrogens with zero attached hydrogens (tertiary/aromatic N) is 4. The number of halogens is 1. The van der Waals surface area contributed by atoms with Crippen molar-refractivity contribution in [3.8, 4) is 17.4 Å². The standard InChI is InChI=1S/C24H27ClN6O4/c1-30-8-10-31(11-9-30)17-6-7-20(21(13-17)34-2)28-24-26-14-19(25)23(29-24)35-18-5-3-4-16(12-18)27-22(33)15-32/h3-7,12-14,32H,8-11,15H2,1-2H3,(H,27,33)(H,26,28,29). The van der Waals surface area contributed by atoms with Crippen molar-refractivity contribution in [3.63, 3.8) is 0 Å². The third kappa shape index (κ3) is 6.30. The highest BCUT2D eigenvalue weighted by molar-refractivity contribution is 6.31. The van der Waals surface area contributed by atoms with Gasteiger partial charge in [0.15, 0.2) is 0 Å². The van der Waals surface area contributed by atoms with Crippen molar-refractivity contribution in [2.75, 3.05) is 62.5 Å². The van der Waals surface area contributed by atoms with Crippen molar-refractivity contribution in [2.24, 2.45) is 0 Å². The molecule has 0 spiro atoms. The zero-order valence-corrected chi connectivity index (χ0v) is 20.2. The molecular formula is C24H27ClN6O4. The number of ether oxygens (including phenoxy) is 2. The lowest BCUT2D eigenvalue weighted by molar-refractivity contribution is -0.118. The summed E-state index contributed by atoms with van der Waals surface area (Å²) in [5.41, 5.74) is 2.26. The molecule has 0 bridgehead atoms. The van der Waals surface area contributed by atoms with Gasteiger partial charge in [-0.25, -0.2) is 4.98 Å². The minimum atomic E-state index is -0.613. The van der Waals surface area contributed by atoms with Gasteiger partial charge in [0.1, 0.15) is 23.1 Å². The highest BCUT2D eigenvalue weighted by Crippen LogP contribution is 2.34. The predicted molar refractivity (Wildman–Crippen MR) is 135 cm³/mol. The third-order valence-electron chi connectivity index (χ3n) is 5.49.